The van der Waals surface area contributed by atoms with E-state index < -0.39 is 5.60 Å². The molecule has 1 atom stereocenters. The number of methoxy groups -OCH3 is 1. The Labute approximate surface area is 114 Å². The Morgan fingerprint density at radius 2 is 2.17 bits per heavy atom. The molecule has 1 heterocycles. The first-order valence-corrected chi connectivity index (χ1v) is 6.52. The van der Waals surface area contributed by atoms with Gasteiger partial charge in [0.05, 0.1) is 24.3 Å². The van der Waals surface area contributed by atoms with E-state index in [0.717, 1.165) is 10.0 Å². The number of rotatable bonds is 3. The second-order valence-electron chi connectivity index (χ2n) is 5.08. The average Bonchev–Trinajstić information content (AvgIpc) is 2.55. The van der Waals surface area contributed by atoms with Crippen molar-refractivity contribution in [3.8, 4) is 5.75 Å². The van der Waals surface area contributed by atoms with Crippen molar-refractivity contribution < 1.29 is 14.6 Å². The second kappa shape index (κ2) is 4.55. The zero-order valence-electron chi connectivity index (χ0n) is 10.6. The highest BCUT2D eigenvalue weighted by molar-refractivity contribution is 9.10. The van der Waals surface area contributed by atoms with E-state index in [2.05, 4.69) is 21.2 Å². The molecule has 0 aromatic heterocycles. The van der Waals surface area contributed by atoms with Crippen molar-refractivity contribution in [1.29, 1.82) is 0 Å². The third-order valence-electron chi connectivity index (χ3n) is 2.96. The molecule has 4 nitrogen and oxygen atoms in total. The summed E-state index contributed by atoms with van der Waals surface area (Å²) in [5.41, 5.74) is 0.565. The minimum atomic E-state index is -0.854. The van der Waals surface area contributed by atoms with Crippen LogP contribution in [0.25, 0.3) is 0 Å². The van der Waals surface area contributed by atoms with E-state index in [1.807, 2.05) is 6.07 Å². The summed E-state index contributed by atoms with van der Waals surface area (Å²) in [7, 11) is 1.58. The molecule has 0 saturated heterocycles. The molecular weight excluding hydrogens is 298 g/mol. The molecule has 0 spiro atoms. The van der Waals surface area contributed by atoms with Crippen molar-refractivity contribution in [2.24, 2.45) is 0 Å². The SMILES string of the molecule is COc1ccc(Br)c2c1C(CC(C)(C)O)NC2=O. The van der Waals surface area contributed by atoms with Crippen molar-refractivity contribution in [3.63, 3.8) is 0 Å². The van der Waals surface area contributed by atoms with E-state index in [1.165, 1.54) is 0 Å². The first-order valence-electron chi connectivity index (χ1n) is 5.73. The lowest BCUT2D eigenvalue weighted by Crippen LogP contribution is -2.28. The largest absolute Gasteiger partial charge is 0.496 e. The summed E-state index contributed by atoms with van der Waals surface area (Å²) in [5.74, 6) is 0.533. The Kier molecular flexibility index (Phi) is 3.38. The number of carbonyl (C=O) groups is 1. The first-order chi connectivity index (χ1) is 8.33. The maximum absolute atomic E-state index is 12.0. The summed E-state index contributed by atoms with van der Waals surface area (Å²) in [6.45, 7) is 3.45. The molecule has 0 bridgehead atoms. The fraction of sp³-hybridized carbons (Fsp3) is 0.462. The molecule has 5 heteroatoms. The quantitative estimate of drug-likeness (QED) is 0.901. The van der Waals surface area contributed by atoms with Crippen LogP contribution < -0.4 is 10.1 Å². The van der Waals surface area contributed by atoms with Crippen LogP contribution in [0.15, 0.2) is 16.6 Å². The monoisotopic (exact) mass is 313 g/mol. The van der Waals surface area contributed by atoms with Crippen molar-refractivity contribution in [1.82, 2.24) is 5.32 Å². The zero-order valence-corrected chi connectivity index (χ0v) is 12.2. The smallest absolute Gasteiger partial charge is 0.253 e. The molecule has 2 N–H and O–H groups in total. The molecular formula is C13H16BrNO3. The molecule has 98 valence electrons. The molecule has 1 amide bonds. The minimum Gasteiger partial charge on any atom is -0.496 e. The van der Waals surface area contributed by atoms with Gasteiger partial charge in [0.15, 0.2) is 0 Å². The van der Waals surface area contributed by atoms with Gasteiger partial charge < -0.3 is 15.2 Å². The van der Waals surface area contributed by atoms with E-state index in [1.54, 1.807) is 27.0 Å². The number of ether oxygens (including phenoxy) is 1. The Balaban J connectivity index is 2.49. The summed E-state index contributed by atoms with van der Waals surface area (Å²) in [6, 6.07) is 3.39. The lowest BCUT2D eigenvalue weighted by molar-refractivity contribution is 0.0588. The third kappa shape index (κ3) is 2.37. The van der Waals surface area contributed by atoms with Crippen LogP contribution in [0.5, 0.6) is 5.75 Å². The lowest BCUT2D eigenvalue weighted by Gasteiger charge is -2.23. The molecule has 1 aliphatic rings. The van der Waals surface area contributed by atoms with Gasteiger partial charge in [-0.2, -0.15) is 0 Å². The van der Waals surface area contributed by atoms with Crippen LogP contribution in [0.3, 0.4) is 0 Å². The van der Waals surface area contributed by atoms with E-state index in [4.69, 9.17) is 4.74 Å². The number of nitrogens with one attached hydrogen (secondary N) is 1. The van der Waals surface area contributed by atoms with Gasteiger partial charge in [-0.15, -0.1) is 0 Å². The van der Waals surface area contributed by atoms with E-state index >= 15 is 0 Å². The number of hydrogen-bond acceptors (Lipinski definition) is 3. The Morgan fingerprint density at radius 1 is 1.50 bits per heavy atom. The minimum absolute atomic E-state index is 0.134. The van der Waals surface area contributed by atoms with Gasteiger partial charge in [-0.3, -0.25) is 4.79 Å². The normalized spacial score (nSPS) is 18.5. The highest BCUT2D eigenvalue weighted by atomic mass is 79.9. The second-order valence-corrected chi connectivity index (χ2v) is 5.94. The summed E-state index contributed by atoms with van der Waals surface area (Å²) in [4.78, 5) is 12.0. The number of hydrogen-bond donors (Lipinski definition) is 2. The summed E-state index contributed by atoms with van der Waals surface area (Å²) in [5, 5.41) is 12.8. The number of aliphatic hydroxyl groups is 1. The highest BCUT2D eigenvalue weighted by Crippen LogP contribution is 2.40. The topological polar surface area (TPSA) is 58.6 Å². The van der Waals surface area contributed by atoms with Gasteiger partial charge in [0.25, 0.3) is 5.91 Å². The van der Waals surface area contributed by atoms with E-state index in [0.29, 0.717) is 17.7 Å². The Morgan fingerprint density at radius 3 is 2.72 bits per heavy atom. The standard InChI is InChI=1S/C13H16BrNO3/c1-13(2,17)6-8-11-9(18-3)5-4-7(14)10(11)12(16)15-8/h4-5,8,17H,6H2,1-3H3,(H,15,16). The zero-order chi connectivity index (χ0) is 13.5. The maximum Gasteiger partial charge on any atom is 0.253 e. The number of fused-ring (bicyclic) bond motifs is 1. The van der Waals surface area contributed by atoms with Crippen molar-refractivity contribution in [2.75, 3.05) is 7.11 Å². The molecule has 0 fully saturated rings. The lowest BCUT2D eigenvalue weighted by atomic mass is 9.93. The summed E-state index contributed by atoms with van der Waals surface area (Å²) >= 11 is 3.38. The van der Waals surface area contributed by atoms with Crippen LogP contribution >= 0.6 is 15.9 Å². The van der Waals surface area contributed by atoms with Crippen molar-refractivity contribution >= 4 is 21.8 Å². The predicted octanol–water partition coefficient (Wildman–Crippen LogP) is 2.40. The molecule has 1 aromatic rings. The molecule has 2 rings (SSSR count). The average molecular weight is 314 g/mol. The van der Waals surface area contributed by atoms with E-state index in [-0.39, 0.29) is 11.9 Å². The van der Waals surface area contributed by atoms with E-state index in [9.17, 15) is 9.90 Å². The first kappa shape index (κ1) is 13.4. The molecule has 1 unspecified atom stereocenters. The van der Waals surface area contributed by atoms with Crippen LogP contribution in [-0.4, -0.2) is 23.7 Å². The summed E-state index contributed by atoms with van der Waals surface area (Å²) in [6.07, 6.45) is 0.443. The van der Waals surface area contributed by atoms with Gasteiger partial charge in [-0.1, -0.05) is 0 Å². The number of amides is 1. The maximum atomic E-state index is 12.0. The van der Waals surface area contributed by atoms with Gasteiger partial charge in [-0.25, -0.2) is 0 Å². The highest BCUT2D eigenvalue weighted by Gasteiger charge is 2.36. The third-order valence-corrected chi connectivity index (χ3v) is 3.62. The molecule has 18 heavy (non-hydrogen) atoms. The van der Waals surface area contributed by atoms with Gasteiger partial charge >= 0.3 is 0 Å². The van der Waals surface area contributed by atoms with Crippen LogP contribution in [0.2, 0.25) is 0 Å². The van der Waals surface area contributed by atoms with Crippen LogP contribution in [-0.2, 0) is 0 Å². The van der Waals surface area contributed by atoms with Gasteiger partial charge in [0.1, 0.15) is 5.75 Å². The van der Waals surface area contributed by atoms with Crippen molar-refractivity contribution in [2.45, 2.75) is 31.9 Å². The van der Waals surface area contributed by atoms with Crippen LogP contribution in [0, 0.1) is 0 Å². The fourth-order valence-electron chi connectivity index (χ4n) is 2.28. The molecule has 1 aromatic carbocycles. The molecule has 0 aliphatic carbocycles. The molecule has 0 saturated carbocycles. The van der Waals surface area contributed by atoms with Crippen LogP contribution in [0.4, 0.5) is 0 Å². The Bertz CT molecular complexity index is 494. The van der Waals surface area contributed by atoms with Gasteiger partial charge in [0.2, 0.25) is 0 Å². The summed E-state index contributed by atoms with van der Waals surface area (Å²) < 4.78 is 6.05. The fourth-order valence-corrected chi connectivity index (χ4v) is 2.81. The predicted molar refractivity (Wildman–Crippen MR) is 71.8 cm³/mol. The molecule has 1 aliphatic heterocycles. The van der Waals surface area contributed by atoms with Crippen molar-refractivity contribution in [3.05, 3.63) is 27.7 Å². The number of halogens is 1. The number of benzene rings is 1. The number of carbonyl (C=O) groups excluding carboxylic acids is 1. The van der Waals surface area contributed by atoms with Crippen LogP contribution in [0.1, 0.15) is 42.2 Å². The molecule has 0 radical (unpaired) electrons. The van der Waals surface area contributed by atoms with Gasteiger partial charge in [-0.05, 0) is 41.9 Å². The Hall–Kier alpha value is -1.07. The van der Waals surface area contributed by atoms with Gasteiger partial charge in [0, 0.05) is 16.5 Å².